The van der Waals surface area contributed by atoms with E-state index in [1.165, 1.54) is 18.2 Å². The summed E-state index contributed by atoms with van der Waals surface area (Å²) in [7, 11) is 0. The first kappa shape index (κ1) is 14.6. The zero-order chi connectivity index (χ0) is 15.0. The number of aliphatic hydroxyl groups is 1. The number of carboxylic acid groups (broad SMARTS) is 1. The molecule has 4 nitrogen and oxygen atoms in total. The molecule has 2 N–H and O–H groups in total. The fourth-order valence-electron chi connectivity index (χ4n) is 2.47. The van der Waals surface area contributed by atoms with Crippen molar-refractivity contribution in [2.24, 2.45) is 0 Å². The summed E-state index contributed by atoms with van der Waals surface area (Å²) in [5.41, 5.74) is -2.69. The van der Waals surface area contributed by atoms with Gasteiger partial charge in [-0.05, 0) is 24.5 Å². The summed E-state index contributed by atoms with van der Waals surface area (Å²) in [6.07, 6.45) is -5.77. The van der Waals surface area contributed by atoms with E-state index in [2.05, 4.69) is 0 Å². The number of alkyl halides is 3. The molecule has 1 fully saturated rings. The molecule has 0 unspecified atom stereocenters. The molecule has 20 heavy (non-hydrogen) atoms. The summed E-state index contributed by atoms with van der Waals surface area (Å²) in [6, 6.07) is 4.88. The van der Waals surface area contributed by atoms with Crippen molar-refractivity contribution in [3.63, 3.8) is 0 Å². The largest absolute Gasteiger partial charge is 0.465 e. The summed E-state index contributed by atoms with van der Waals surface area (Å²) in [6.45, 7) is 0.0239. The summed E-state index contributed by atoms with van der Waals surface area (Å²) in [5.74, 6) is 0. The number of benzene rings is 1. The molecule has 0 aliphatic carbocycles. The maximum absolute atomic E-state index is 13.0. The highest BCUT2D eigenvalue weighted by Crippen LogP contribution is 2.41. The predicted molar refractivity (Wildman–Crippen MR) is 64.2 cm³/mol. The minimum Gasteiger partial charge on any atom is -0.465 e. The summed E-state index contributed by atoms with van der Waals surface area (Å²) in [4.78, 5) is 11.9. The Hall–Kier alpha value is -1.76. The van der Waals surface area contributed by atoms with Crippen molar-refractivity contribution in [2.45, 2.75) is 24.6 Å². The van der Waals surface area contributed by atoms with Crippen LogP contribution in [0.3, 0.4) is 0 Å². The fraction of sp³-hybridized carbons (Fsp3) is 0.462. The highest BCUT2D eigenvalue weighted by Gasteiger charge is 2.42. The molecule has 7 heteroatoms. The molecule has 0 radical (unpaired) electrons. The molecule has 0 atom stereocenters. The summed E-state index contributed by atoms with van der Waals surface area (Å²) in [5, 5.41) is 19.3. The number of piperidine rings is 1. The maximum Gasteiger partial charge on any atom is 0.416 e. The van der Waals surface area contributed by atoms with Crippen LogP contribution < -0.4 is 0 Å². The second-order valence-electron chi connectivity index (χ2n) is 4.84. The van der Waals surface area contributed by atoms with Gasteiger partial charge >= 0.3 is 12.3 Å². The van der Waals surface area contributed by atoms with Crippen LogP contribution in [0, 0.1) is 0 Å². The smallest absolute Gasteiger partial charge is 0.416 e. The van der Waals surface area contributed by atoms with E-state index in [-0.39, 0.29) is 31.5 Å². The average Bonchev–Trinajstić information content (AvgIpc) is 2.38. The van der Waals surface area contributed by atoms with Gasteiger partial charge < -0.3 is 15.1 Å². The van der Waals surface area contributed by atoms with Crippen LogP contribution in [-0.4, -0.2) is 34.3 Å². The second kappa shape index (κ2) is 4.97. The summed E-state index contributed by atoms with van der Waals surface area (Å²) < 4.78 is 38.9. The molecular formula is C13H14F3NO3. The quantitative estimate of drug-likeness (QED) is 0.835. The minimum absolute atomic E-state index is 0.0119. The van der Waals surface area contributed by atoms with Gasteiger partial charge in [0.25, 0.3) is 0 Å². The Balaban J connectivity index is 2.31. The summed E-state index contributed by atoms with van der Waals surface area (Å²) >= 11 is 0. The van der Waals surface area contributed by atoms with E-state index in [9.17, 15) is 23.1 Å². The van der Waals surface area contributed by atoms with Crippen LogP contribution in [0.5, 0.6) is 0 Å². The molecule has 1 aliphatic rings. The monoisotopic (exact) mass is 289 g/mol. The topological polar surface area (TPSA) is 60.8 Å². The third-order valence-electron chi connectivity index (χ3n) is 3.59. The SMILES string of the molecule is O=C(O)N1CCC(O)(c2ccccc2C(F)(F)F)CC1. The first-order valence-corrected chi connectivity index (χ1v) is 6.11. The number of amides is 1. The van der Waals surface area contributed by atoms with Crippen molar-refractivity contribution in [2.75, 3.05) is 13.1 Å². The third kappa shape index (κ3) is 2.72. The molecule has 0 bridgehead atoms. The molecule has 110 valence electrons. The van der Waals surface area contributed by atoms with Crippen LogP contribution in [0.15, 0.2) is 24.3 Å². The fourth-order valence-corrected chi connectivity index (χ4v) is 2.47. The van der Waals surface area contributed by atoms with Gasteiger partial charge in [-0.15, -0.1) is 0 Å². The molecule has 1 saturated heterocycles. The number of rotatable bonds is 1. The molecule has 1 aromatic rings. The van der Waals surface area contributed by atoms with Crippen molar-refractivity contribution in [3.8, 4) is 0 Å². The van der Waals surface area contributed by atoms with Crippen LogP contribution in [0.1, 0.15) is 24.0 Å². The van der Waals surface area contributed by atoms with E-state index in [4.69, 9.17) is 5.11 Å². The number of halogens is 3. The lowest BCUT2D eigenvalue weighted by molar-refractivity contribution is -0.141. The Labute approximate surface area is 113 Å². The van der Waals surface area contributed by atoms with Crippen LogP contribution in [0.4, 0.5) is 18.0 Å². The molecule has 2 rings (SSSR count). The Morgan fingerprint density at radius 3 is 2.25 bits per heavy atom. The number of likely N-dealkylation sites (tertiary alicyclic amines) is 1. The first-order valence-electron chi connectivity index (χ1n) is 6.11. The zero-order valence-corrected chi connectivity index (χ0v) is 10.5. The van der Waals surface area contributed by atoms with E-state index >= 15 is 0 Å². The Bertz CT molecular complexity index is 508. The van der Waals surface area contributed by atoms with E-state index in [0.29, 0.717) is 0 Å². The van der Waals surface area contributed by atoms with Crippen molar-refractivity contribution >= 4 is 6.09 Å². The Morgan fingerprint density at radius 2 is 1.75 bits per heavy atom. The standard InChI is InChI=1S/C13H14F3NO3/c14-13(15,16)10-4-2-1-3-9(10)12(20)5-7-17(8-6-12)11(18)19/h1-4,20H,5-8H2,(H,18,19). The van der Waals surface area contributed by atoms with E-state index in [1.54, 1.807) is 0 Å². The normalized spacial score (nSPS) is 18.9. The predicted octanol–water partition coefficient (Wildman–Crippen LogP) is 2.67. The molecule has 1 aliphatic heterocycles. The Kier molecular flexibility index (Phi) is 3.64. The highest BCUT2D eigenvalue weighted by atomic mass is 19.4. The highest BCUT2D eigenvalue weighted by molar-refractivity contribution is 5.65. The molecule has 0 saturated carbocycles. The molecule has 1 amide bonds. The third-order valence-corrected chi connectivity index (χ3v) is 3.59. The number of hydrogen-bond acceptors (Lipinski definition) is 2. The molecule has 0 aromatic heterocycles. The number of carbonyl (C=O) groups is 1. The van der Waals surface area contributed by atoms with Gasteiger partial charge in [0, 0.05) is 13.1 Å². The minimum atomic E-state index is -4.55. The van der Waals surface area contributed by atoms with Crippen LogP contribution in [0.25, 0.3) is 0 Å². The first-order chi connectivity index (χ1) is 9.24. The van der Waals surface area contributed by atoms with E-state index in [1.807, 2.05) is 0 Å². The van der Waals surface area contributed by atoms with Crippen molar-refractivity contribution < 1.29 is 28.2 Å². The lowest BCUT2D eigenvalue weighted by atomic mass is 9.82. The van der Waals surface area contributed by atoms with Crippen molar-refractivity contribution in [1.82, 2.24) is 4.90 Å². The van der Waals surface area contributed by atoms with Gasteiger partial charge in [0.2, 0.25) is 0 Å². The van der Waals surface area contributed by atoms with Crippen LogP contribution in [0.2, 0.25) is 0 Å². The Morgan fingerprint density at radius 1 is 1.20 bits per heavy atom. The van der Waals surface area contributed by atoms with Gasteiger partial charge in [0.15, 0.2) is 0 Å². The molecule has 1 aromatic carbocycles. The van der Waals surface area contributed by atoms with Crippen molar-refractivity contribution in [3.05, 3.63) is 35.4 Å². The van der Waals surface area contributed by atoms with Gasteiger partial charge in [0.05, 0.1) is 11.2 Å². The second-order valence-corrected chi connectivity index (χ2v) is 4.84. The molecule has 1 heterocycles. The molecular weight excluding hydrogens is 275 g/mol. The van der Waals surface area contributed by atoms with Gasteiger partial charge in [-0.2, -0.15) is 13.2 Å². The number of nitrogens with zero attached hydrogens (tertiary/aromatic N) is 1. The maximum atomic E-state index is 13.0. The average molecular weight is 289 g/mol. The van der Waals surface area contributed by atoms with Crippen molar-refractivity contribution in [1.29, 1.82) is 0 Å². The van der Waals surface area contributed by atoms with E-state index in [0.717, 1.165) is 11.0 Å². The molecule has 0 spiro atoms. The zero-order valence-electron chi connectivity index (χ0n) is 10.5. The van der Waals surface area contributed by atoms with Gasteiger partial charge in [-0.1, -0.05) is 18.2 Å². The van der Waals surface area contributed by atoms with E-state index < -0.39 is 23.4 Å². The lowest BCUT2D eigenvalue weighted by Gasteiger charge is -2.38. The van der Waals surface area contributed by atoms with Gasteiger partial charge in [0.1, 0.15) is 0 Å². The van der Waals surface area contributed by atoms with Crippen LogP contribution >= 0.6 is 0 Å². The van der Waals surface area contributed by atoms with Gasteiger partial charge in [-0.3, -0.25) is 0 Å². The van der Waals surface area contributed by atoms with Gasteiger partial charge in [-0.25, -0.2) is 4.79 Å². The number of hydrogen-bond donors (Lipinski definition) is 2. The lowest BCUT2D eigenvalue weighted by Crippen LogP contribution is -2.45. The van der Waals surface area contributed by atoms with Crippen LogP contribution in [-0.2, 0) is 11.8 Å².